The van der Waals surface area contributed by atoms with Crippen LogP contribution in [-0.4, -0.2) is 42.1 Å². The average molecular weight is 379 g/mol. The zero-order valence-electron chi connectivity index (χ0n) is 18.1. The topological polar surface area (TPSA) is 51.1 Å². The summed E-state index contributed by atoms with van der Waals surface area (Å²) in [6, 6.07) is -0.142. The van der Waals surface area contributed by atoms with Gasteiger partial charge in [-0.2, -0.15) is 0 Å². The molecular formula is C22H38N2O3. The van der Waals surface area contributed by atoms with E-state index in [0.717, 1.165) is 30.9 Å². The molecule has 1 aliphatic carbocycles. The van der Waals surface area contributed by atoms with E-state index >= 15 is 0 Å². The molecule has 1 unspecified atom stereocenters. The van der Waals surface area contributed by atoms with Gasteiger partial charge in [0, 0.05) is 19.5 Å². The first kappa shape index (κ1) is 21.8. The van der Waals surface area contributed by atoms with Crippen molar-refractivity contribution < 1.29 is 14.3 Å². The van der Waals surface area contributed by atoms with E-state index in [-0.39, 0.29) is 12.1 Å². The fourth-order valence-corrected chi connectivity index (χ4v) is 4.19. The van der Waals surface area contributed by atoms with Gasteiger partial charge in [0.05, 0.1) is 0 Å². The fraction of sp³-hybridized carbons (Fsp3) is 0.818. The number of rotatable bonds is 4. The summed E-state index contributed by atoms with van der Waals surface area (Å²) in [6.07, 6.45) is 9.60. The summed E-state index contributed by atoms with van der Waals surface area (Å²) in [5, 5.41) is 0. The van der Waals surface area contributed by atoms with Crippen LogP contribution in [0.5, 0.6) is 0 Å². The Bertz CT molecular complexity index is 562. The van der Waals surface area contributed by atoms with Crippen LogP contribution in [0.1, 0.15) is 79.6 Å². The second-order valence-electron chi connectivity index (χ2n) is 8.82. The standard InChI is InChI=1S/C22H38N2O3/c1-7-16-12-13-17(15-16)19(8-2)26-20(23-6)18-11-9-10-14-24(18)21(25)27-22(3,4)5/h8,16-18H,7,9-15H2,1-6H3/b19-8+,23-20?/t16-,17?,18+/m0/s1. The number of piperidine rings is 1. The average Bonchev–Trinajstić information content (AvgIpc) is 3.10. The molecule has 3 atom stereocenters. The molecule has 1 amide bonds. The zero-order valence-corrected chi connectivity index (χ0v) is 18.1. The molecule has 0 bridgehead atoms. The predicted molar refractivity (Wildman–Crippen MR) is 110 cm³/mol. The van der Waals surface area contributed by atoms with Gasteiger partial charge in [0.1, 0.15) is 17.4 Å². The largest absolute Gasteiger partial charge is 0.446 e. The smallest absolute Gasteiger partial charge is 0.410 e. The highest BCUT2D eigenvalue weighted by molar-refractivity contribution is 5.86. The first-order valence-corrected chi connectivity index (χ1v) is 10.6. The van der Waals surface area contributed by atoms with Gasteiger partial charge in [0.2, 0.25) is 5.90 Å². The summed E-state index contributed by atoms with van der Waals surface area (Å²) < 4.78 is 12.0. The van der Waals surface area contributed by atoms with Crippen LogP contribution in [0.15, 0.2) is 16.8 Å². The Morgan fingerprint density at radius 2 is 1.96 bits per heavy atom. The summed E-state index contributed by atoms with van der Waals surface area (Å²) in [4.78, 5) is 19.0. The monoisotopic (exact) mass is 378 g/mol. The van der Waals surface area contributed by atoms with Crippen molar-refractivity contribution in [3.05, 3.63) is 11.8 Å². The zero-order chi connectivity index (χ0) is 20.0. The van der Waals surface area contributed by atoms with Gasteiger partial charge in [0.25, 0.3) is 0 Å². The van der Waals surface area contributed by atoms with Crippen LogP contribution >= 0.6 is 0 Å². The Morgan fingerprint density at radius 3 is 2.52 bits per heavy atom. The molecule has 27 heavy (non-hydrogen) atoms. The quantitative estimate of drug-likeness (QED) is 0.366. The van der Waals surface area contributed by atoms with Crippen molar-refractivity contribution in [2.24, 2.45) is 16.8 Å². The van der Waals surface area contributed by atoms with Gasteiger partial charge in [0.15, 0.2) is 0 Å². The summed E-state index contributed by atoms with van der Waals surface area (Å²) in [5.41, 5.74) is -0.503. The molecule has 2 aliphatic rings. The lowest BCUT2D eigenvalue weighted by atomic mass is 10.00. The van der Waals surface area contributed by atoms with E-state index < -0.39 is 5.60 Å². The molecule has 2 rings (SSSR count). The van der Waals surface area contributed by atoms with E-state index in [2.05, 4.69) is 18.0 Å². The van der Waals surface area contributed by atoms with Gasteiger partial charge in [-0.05, 0) is 78.2 Å². The summed E-state index contributed by atoms with van der Waals surface area (Å²) in [5.74, 6) is 2.92. The summed E-state index contributed by atoms with van der Waals surface area (Å²) in [7, 11) is 1.76. The molecule has 0 aromatic rings. The Hall–Kier alpha value is -1.52. The minimum atomic E-state index is -0.503. The number of hydrogen-bond acceptors (Lipinski definition) is 4. The maximum absolute atomic E-state index is 12.7. The van der Waals surface area contributed by atoms with E-state index in [1.54, 1.807) is 11.9 Å². The SMILES string of the molecule is C/C=C(/OC(=NC)[C@H]1CCCCN1C(=O)OC(C)(C)C)C1CC[C@H](CC)C1. The third-order valence-electron chi connectivity index (χ3n) is 5.66. The highest BCUT2D eigenvalue weighted by atomic mass is 16.6. The van der Waals surface area contributed by atoms with Crippen molar-refractivity contribution in [1.29, 1.82) is 0 Å². The molecule has 0 radical (unpaired) electrons. The molecular weight excluding hydrogens is 340 g/mol. The number of nitrogens with zero attached hydrogens (tertiary/aromatic N) is 2. The van der Waals surface area contributed by atoms with Crippen LogP contribution < -0.4 is 0 Å². The van der Waals surface area contributed by atoms with Gasteiger partial charge in [-0.1, -0.05) is 13.3 Å². The molecule has 1 aliphatic heterocycles. The fourth-order valence-electron chi connectivity index (χ4n) is 4.19. The molecule has 5 nitrogen and oxygen atoms in total. The lowest BCUT2D eigenvalue weighted by molar-refractivity contribution is 0.0148. The molecule has 0 spiro atoms. The van der Waals surface area contributed by atoms with Crippen LogP contribution in [0.2, 0.25) is 0 Å². The Labute approximate surface area is 165 Å². The van der Waals surface area contributed by atoms with Crippen LogP contribution in [0.25, 0.3) is 0 Å². The van der Waals surface area contributed by atoms with E-state index in [4.69, 9.17) is 9.47 Å². The van der Waals surface area contributed by atoms with Gasteiger partial charge in [-0.25, -0.2) is 4.79 Å². The van der Waals surface area contributed by atoms with E-state index in [0.29, 0.717) is 18.4 Å². The van der Waals surface area contributed by atoms with Crippen LogP contribution in [0.3, 0.4) is 0 Å². The van der Waals surface area contributed by atoms with Gasteiger partial charge in [-0.3, -0.25) is 9.89 Å². The number of carbonyl (C=O) groups excluding carboxylic acids is 1. The number of aliphatic imine (C=N–C) groups is 1. The molecule has 0 N–H and O–H groups in total. The van der Waals surface area contributed by atoms with Gasteiger partial charge >= 0.3 is 6.09 Å². The van der Waals surface area contributed by atoms with Crippen molar-refractivity contribution in [2.75, 3.05) is 13.6 Å². The molecule has 1 heterocycles. The Kier molecular flexibility index (Phi) is 7.75. The second kappa shape index (κ2) is 9.61. The third kappa shape index (κ3) is 5.98. The number of hydrogen-bond donors (Lipinski definition) is 0. The molecule has 2 fully saturated rings. The number of likely N-dealkylation sites (tertiary alicyclic amines) is 1. The van der Waals surface area contributed by atoms with Gasteiger partial charge in [-0.15, -0.1) is 0 Å². The maximum Gasteiger partial charge on any atom is 0.410 e. The summed E-state index contributed by atoms with van der Waals surface area (Å²) in [6.45, 7) is 10.7. The highest BCUT2D eigenvalue weighted by Crippen LogP contribution is 2.38. The van der Waals surface area contributed by atoms with Crippen molar-refractivity contribution >= 4 is 12.0 Å². The predicted octanol–water partition coefficient (Wildman–Crippen LogP) is 5.55. The van der Waals surface area contributed by atoms with Crippen LogP contribution in [0, 0.1) is 11.8 Å². The first-order valence-electron chi connectivity index (χ1n) is 10.6. The lowest BCUT2D eigenvalue weighted by Crippen LogP contribution is -2.50. The van der Waals surface area contributed by atoms with Crippen LogP contribution in [-0.2, 0) is 9.47 Å². The second-order valence-corrected chi connectivity index (χ2v) is 8.82. The van der Waals surface area contributed by atoms with Crippen molar-refractivity contribution in [3.8, 4) is 0 Å². The van der Waals surface area contributed by atoms with E-state index in [1.165, 1.54) is 25.7 Å². The maximum atomic E-state index is 12.7. The number of carbonyl (C=O) groups is 1. The molecule has 1 saturated carbocycles. The minimum Gasteiger partial charge on any atom is -0.446 e. The lowest BCUT2D eigenvalue weighted by Gasteiger charge is -2.37. The molecule has 1 saturated heterocycles. The van der Waals surface area contributed by atoms with E-state index in [1.807, 2.05) is 27.7 Å². The van der Waals surface area contributed by atoms with Crippen molar-refractivity contribution in [2.45, 2.75) is 91.2 Å². The van der Waals surface area contributed by atoms with Crippen LogP contribution in [0.4, 0.5) is 4.79 Å². The number of allylic oxidation sites excluding steroid dienone is 2. The third-order valence-corrected chi connectivity index (χ3v) is 5.66. The van der Waals surface area contributed by atoms with Crippen molar-refractivity contribution in [1.82, 2.24) is 4.90 Å². The molecule has 0 aromatic heterocycles. The number of ether oxygens (including phenoxy) is 2. The summed E-state index contributed by atoms with van der Waals surface area (Å²) >= 11 is 0. The molecule has 154 valence electrons. The van der Waals surface area contributed by atoms with Gasteiger partial charge < -0.3 is 9.47 Å². The highest BCUT2D eigenvalue weighted by Gasteiger charge is 2.36. The molecule has 5 heteroatoms. The van der Waals surface area contributed by atoms with E-state index in [9.17, 15) is 4.79 Å². The Morgan fingerprint density at radius 1 is 1.22 bits per heavy atom. The van der Waals surface area contributed by atoms with Crippen molar-refractivity contribution in [3.63, 3.8) is 0 Å². The number of amides is 1. The first-order chi connectivity index (χ1) is 12.8. The molecule has 0 aromatic carbocycles. The normalized spacial score (nSPS) is 27.6. The minimum absolute atomic E-state index is 0.142. The Balaban J connectivity index is 2.10.